The van der Waals surface area contributed by atoms with Crippen LogP contribution in [-0.4, -0.2) is 41.4 Å². The third-order valence-corrected chi connectivity index (χ3v) is 6.67. The molecule has 2 unspecified atom stereocenters. The molecule has 1 aromatic rings. The molecule has 0 N–H and O–H groups in total. The molecule has 23 heavy (non-hydrogen) atoms. The van der Waals surface area contributed by atoms with Crippen molar-refractivity contribution in [1.82, 2.24) is 4.90 Å². The molecule has 2 bridgehead atoms. The fraction of sp³-hybridized carbons (Fsp3) is 0.611. The maximum Gasteiger partial charge on any atom is 0.319 e. The lowest BCUT2D eigenvalue weighted by Gasteiger charge is -2.36. The van der Waals surface area contributed by atoms with Crippen molar-refractivity contribution in [3.05, 3.63) is 29.3 Å². The Labute approximate surface area is 147 Å². The van der Waals surface area contributed by atoms with Gasteiger partial charge in [0.2, 0.25) is 0 Å². The van der Waals surface area contributed by atoms with Crippen molar-refractivity contribution in [3.8, 4) is 0 Å². The molecule has 0 spiro atoms. The number of halogens is 1. The van der Waals surface area contributed by atoms with Gasteiger partial charge in [0.15, 0.2) is 0 Å². The molecule has 2 aliphatic heterocycles. The van der Waals surface area contributed by atoms with Gasteiger partial charge in [0.25, 0.3) is 0 Å². The average molecular weight is 354 g/mol. The maximum atomic E-state index is 12.5. The monoisotopic (exact) mass is 353 g/mol. The third-order valence-electron chi connectivity index (χ3n) is 5.06. The molecule has 2 saturated heterocycles. The van der Waals surface area contributed by atoms with Crippen molar-refractivity contribution in [1.29, 1.82) is 0 Å². The molecule has 0 amide bonds. The van der Waals surface area contributed by atoms with Crippen molar-refractivity contribution in [2.45, 2.75) is 67.4 Å². The van der Waals surface area contributed by atoms with Crippen molar-refractivity contribution in [2.75, 3.05) is 7.05 Å². The fourth-order valence-electron chi connectivity index (χ4n) is 3.67. The molecular weight excluding hydrogens is 330 g/mol. The van der Waals surface area contributed by atoms with Gasteiger partial charge < -0.3 is 9.64 Å². The van der Waals surface area contributed by atoms with Crippen molar-refractivity contribution in [2.24, 2.45) is 0 Å². The zero-order valence-electron chi connectivity index (χ0n) is 13.7. The Balaban J connectivity index is 1.56. The van der Waals surface area contributed by atoms with Crippen LogP contribution in [0.15, 0.2) is 29.2 Å². The molecule has 1 aromatic carbocycles. The highest BCUT2D eigenvalue weighted by Crippen LogP contribution is 2.36. The van der Waals surface area contributed by atoms with Crippen LogP contribution >= 0.6 is 23.4 Å². The highest BCUT2D eigenvalue weighted by molar-refractivity contribution is 8.00. The van der Waals surface area contributed by atoms with E-state index < -0.39 is 0 Å². The van der Waals surface area contributed by atoms with Crippen LogP contribution in [0.2, 0.25) is 5.02 Å². The van der Waals surface area contributed by atoms with Crippen LogP contribution in [0, 0.1) is 0 Å². The number of carbonyl (C=O) groups excluding carboxylic acids is 1. The first kappa shape index (κ1) is 17.1. The molecule has 2 fully saturated rings. The molecule has 5 heteroatoms. The highest BCUT2D eigenvalue weighted by atomic mass is 35.5. The lowest BCUT2D eigenvalue weighted by Crippen LogP contribution is -2.44. The summed E-state index contributed by atoms with van der Waals surface area (Å²) >= 11 is 7.48. The number of rotatable bonds is 5. The first-order valence-electron chi connectivity index (χ1n) is 8.41. The second-order valence-corrected chi connectivity index (χ2v) is 8.26. The Morgan fingerprint density at radius 1 is 1.30 bits per heavy atom. The van der Waals surface area contributed by atoms with Crippen molar-refractivity contribution < 1.29 is 9.53 Å². The van der Waals surface area contributed by atoms with Crippen LogP contribution in [0.1, 0.15) is 39.0 Å². The summed E-state index contributed by atoms with van der Waals surface area (Å²) in [6.45, 7) is 2.03. The lowest BCUT2D eigenvalue weighted by atomic mass is 10.0. The van der Waals surface area contributed by atoms with Crippen LogP contribution in [-0.2, 0) is 9.53 Å². The second-order valence-electron chi connectivity index (χ2n) is 6.55. The molecule has 0 saturated carbocycles. The topological polar surface area (TPSA) is 29.5 Å². The maximum absolute atomic E-state index is 12.5. The van der Waals surface area contributed by atoms with Gasteiger partial charge in [-0.3, -0.25) is 4.79 Å². The minimum atomic E-state index is -0.145. The van der Waals surface area contributed by atoms with Gasteiger partial charge in [-0.1, -0.05) is 18.5 Å². The van der Waals surface area contributed by atoms with Gasteiger partial charge in [-0.15, -0.1) is 11.8 Å². The van der Waals surface area contributed by atoms with E-state index in [9.17, 15) is 4.79 Å². The molecular formula is C18H24ClNO2S. The Morgan fingerprint density at radius 3 is 2.48 bits per heavy atom. The number of thioether (sulfide) groups is 1. The normalized spacial score (nSPS) is 28.6. The van der Waals surface area contributed by atoms with Crippen LogP contribution < -0.4 is 0 Å². The molecule has 3 nitrogen and oxygen atoms in total. The zero-order chi connectivity index (χ0) is 16.4. The number of nitrogens with zero attached hydrogens (tertiary/aromatic N) is 1. The van der Waals surface area contributed by atoms with Gasteiger partial charge in [0.05, 0.1) is 0 Å². The summed E-state index contributed by atoms with van der Waals surface area (Å²) in [5.74, 6) is -0.0681. The second kappa shape index (κ2) is 7.45. The van der Waals surface area contributed by atoms with E-state index in [2.05, 4.69) is 11.9 Å². The van der Waals surface area contributed by atoms with Crippen LogP contribution in [0.5, 0.6) is 0 Å². The Morgan fingerprint density at radius 2 is 1.91 bits per heavy atom. The average Bonchev–Trinajstić information content (AvgIpc) is 2.75. The van der Waals surface area contributed by atoms with Gasteiger partial charge in [-0.2, -0.15) is 0 Å². The first-order valence-corrected chi connectivity index (χ1v) is 9.67. The Bertz CT molecular complexity index is 536. The number of hydrogen-bond acceptors (Lipinski definition) is 4. The van der Waals surface area contributed by atoms with Gasteiger partial charge in [0.1, 0.15) is 11.4 Å². The molecule has 3 atom stereocenters. The number of fused-ring (bicyclic) bond motifs is 2. The molecule has 0 aliphatic carbocycles. The van der Waals surface area contributed by atoms with E-state index in [4.69, 9.17) is 16.3 Å². The molecule has 2 heterocycles. The Kier molecular flexibility index (Phi) is 5.55. The minimum Gasteiger partial charge on any atom is -0.461 e. The zero-order valence-corrected chi connectivity index (χ0v) is 15.3. The number of benzene rings is 1. The van der Waals surface area contributed by atoms with E-state index in [0.29, 0.717) is 17.1 Å². The summed E-state index contributed by atoms with van der Waals surface area (Å²) in [5.41, 5.74) is 0. The summed E-state index contributed by atoms with van der Waals surface area (Å²) in [6, 6.07) is 8.82. The number of carbonyl (C=O) groups is 1. The first-order chi connectivity index (χ1) is 11.1. The quantitative estimate of drug-likeness (QED) is 0.580. The fourth-order valence-corrected chi connectivity index (χ4v) is 4.74. The lowest BCUT2D eigenvalue weighted by molar-refractivity contribution is -0.151. The standard InChI is InChI=1S/C18H24ClNO2S/c1-3-17(23-16-8-4-12(19)5-9-16)18(21)22-15-10-13-6-7-14(11-15)20(13)2/h4-5,8-9,13-15,17H,3,6-7,10-11H2,1-2H3/t13?,14?,15?,17-/m0/s1. The number of esters is 1. The van der Waals surface area contributed by atoms with Crippen LogP contribution in [0.3, 0.4) is 0 Å². The van der Waals surface area contributed by atoms with Gasteiger partial charge >= 0.3 is 5.97 Å². The van der Waals surface area contributed by atoms with E-state index in [0.717, 1.165) is 24.2 Å². The van der Waals surface area contributed by atoms with Gasteiger partial charge in [0, 0.05) is 22.0 Å². The molecule has 0 radical (unpaired) electrons. The van der Waals surface area contributed by atoms with Crippen LogP contribution in [0.25, 0.3) is 0 Å². The van der Waals surface area contributed by atoms with Crippen LogP contribution in [0.4, 0.5) is 0 Å². The largest absolute Gasteiger partial charge is 0.461 e. The molecule has 3 rings (SSSR count). The van der Waals surface area contributed by atoms with E-state index >= 15 is 0 Å². The van der Waals surface area contributed by atoms with E-state index in [-0.39, 0.29) is 17.3 Å². The minimum absolute atomic E-state index is 0.0681. The van der Waals surface area contributed by atoms with Gasteiger partial charge in [-0.25, -0.2) is 0 Å². The predicted molar refractivity (Wildman–Crippen MR) is 95.1 cm³/mol. The number of piperidine rings is 1. The summed E-state index contributed by atoms with van der Waals surface area (Å²) in [5, 5.41) is 0.570. The van der Waals surface area contributed by atoms with E-state index in [1.165, 1.54) is 12.8 Å². The van der Waals surface area contributed by atoms with Gasteiger partial charge in [-0.05, 0) is 63.4 Å². The number of ether oxygens (including phenoxy) is 1. The predicted octanol–water partition coefficient (Wildman–Crippen LogP) is 4.38. The smallest absolute Gasteiger partial charge is 0.319 e. The van der Waals surface area contributed by atoms with Crippen molar-refractivity contribution >= 4 is 29.3 Å². The molecule has 126 valence electrons. The third kappa shape index (κ3) is 4.04. The summed E-state index contributed by atoms with van der Waals surface area (Å²) < 4.78 is 5.86. The van der Waals surface area contributed by atoms with E-state index in [1.54, 1.807) is 11.8 Å². The Hall–Kier alpha value is -0.710. The van der Waals surface area contributed by atoms with Crippen molar-refractivity contribution in [3.63, 3.8) is 0 Å². The summed E-state index contributed by atoms with van der Waals surface area (Å²) in [4.78, 5) is 16.1. The summed E-state index contributed by atoms with van der Waals surface area (Å²) in [7, 11) is 2.20. The molecule has 0 aromatic heterocycles. The highest BCUT2D eigenvalue weighted by Gasteiger charge is 2.40. The summed E-state index contributed by atoms with van der Waals surface area (Å²) in [6.07, 6.45) is 5.32. The number of hydrogen-bond donors (Lipinski definition) is 0. The van der Waals surface area contributed by atoms with E-state index in [1.807, 2.05) is 31.2 Å². The molecule has 2 aliphatic rings. The SMILES string of the molecule is CC[C@H](Sc1ccc(Cl)cc1)C(=O)OC1CC2CCC(C1)N2C.